The second-order valence-electron chi connectivity index (χ2n) is 3.93. The van der Waals surface area contributed by atoms with Gasteiger partial charge >= 0.3 is 0 Å². The van der Waals surface area contributed by atoms with Crippen LogP contribution < -0.4 is 0 Å². The number of hydrogen-bond donors (Lipinski definition) is 1. The van der Waals surface area contributed by atoms with Crippen molar-refractivity contribution in [2.45, 2.75) is 16.7 Å². The van der Waals surface area contributed by atoms with Gasteiger partial charge in [-0.3, -0.25) is 0 Å². The highest BCUT2D eigenvalue weighted by molar-refractivity contribution is 9.10. The van der Waals surface area contributed by atoms with Gasteiger partial charge in [0.2, 0.25) is 9.84 Å². The van der Waals surface area contributed by atoms with Crippen molar-refractivity contribution in [3.63, 3.8) is 0 Å². The molecule has 2 aromatic carbocycles. The van der Waals surface area contributed by atoms with Gasteiger partial charge in [0.1, 0.15) is 10.6 Å². The monoisotopic (exact) mass is 326 g/mol. The van der Waals surface area contributed by atoms with Crippen LogP contribution in [0.4, 0.5) is 0 Å². The molecule has 5 heteroatoms. The van der Waals surface area contributed by atoms with E-state index in [-0.39, 0.29) is 15.5 Å². The minimum Gasteiger partial charge on any atom is -0.507 e. The minimum absolute atomic E-state index is 0.0965. The van der Waals surface area contributed by atoms with Crippen LogP contribution in [0, 0.1) is 6.92 Å². The van der Waals surface area contributed by atoms with E-state index in [9.17, 15) is 13.5 Å². The van der Waals surface area contributed by atoms with Crippen molar-refractivity contribution < 1.29 is 13.5 Å². The Morgan fingerprint density at radius 1 is 1.06 bits per heavy atom. The molecule has 0 spiro atoms. The Labute approximate surface area is 114 Å². The standard InChI is InChI=1S/C13H11BrO3S/c1-9-2-5-11(6-3-9)18(16,17)13-8-10(14)4-7-12(13)15/h2-8,15H,1H3. The molecule has 0 radical (unpaired) electrons. The number of aromatic hydroxyl groups is 1. The largest absolute Gasteiger partial charge is 0.507 e. The van der Waals surface area contributed by atoms with Gasteiger partial charge in [-0.2, -0.15) is 0 Å². The third kappa shape index (κ3) is 2.42. The van der Waals surface area contributed by atoms with Gasteiger partial charge in [0, 0.05) is 4.47 Å². The molecule has 18 heavy (non-hydrogen) atoms. The Morgan fingerprint density at radius 2 is 1.67 bits per heavy atom. The summed E-state index contributed by atoms with van der Waals surface area (Å²) in [7, 11) is -3.69. The lowest BCUT2D eigenvalue weighted by molar-refractivity contribution is 0.458. The summed E-state index contributed by atoms with van der Waals surface area (Å²) in [5, 5.41) is 9.69. The lowest BCUT2D eigenvalue weighted by atomic mass is 10.2. The van der Waals surface area contributed by atoms with E-state index in [1.807, 2.05) is 6.92 Å². The zero-order valence-corrected chi connectivity index (χ0v) is 12.0. The first-order chi connectivity index (χ1) is 8.41. The Bertz CT molecular complexity index is 676. The van der Waals surface area contributed by atoms with E-state index >= 15 is 0 Å². The van der Waals surface area contributed by atoms with Gasteiger partial charge in [-0.1, -0.05) is 33.6 Å². The van der Waals surface area contributed by atoms with Crippen LogP contribution in [0.5, 0.6) is 5.75 Å². The van der Waals surface area contributed by atoms with Crippen molar-refractivity contribution >= 4 is 25.8 Å². The van der Waals surface area contributed by atoms with Gasteiger partial charge in [-0.15, -0.1) is 0 Å². The van der Waals surface area contributed by atoms with Gasteiger partial charge in [-0.25, -0.2) is 8.42 Å². The molecule has 0 aliphatic heterocycles. The van der Waals surface area contributed by atoms with Crippen LogP contribution in [-0.4, -0.2) is 13.5 Å². The molecule has 0 saturated carbocycles. The van der Waals surface area contributed by atoms with Crippen LogP contribution in [-0.2, 0) is 9.84 Å². The Kier molecular flexibility index (Phi) is 3.45. The van der Waals surface area contributed by atoms with Crippen molar-refractivity contribution in [1.82, 2.24) is 0 Å². The first-order valence-corrected chi connectivity index (χ1v) is 7.49. The quantitative estimate of drug-likeness (QED) is 0.921. The number of halogens is 1. The topological polar surface area (TPSA) is 54.4 Å². The van der Waals surface area contributed by atoms with E-state index in [0.717, 1.165) is 5.56 Å². The zero-order valence-electron chi connectivity index (χ0n) is 9.59. The average Bonchev–Trinajstić information content (AvgIpc) is 2.32. The molecular weight excluding hydrogens is 316 g/mol. The molecular formula is C13H11BrO3S. The number of benzene rings is 2. The van der Waals surface area contributed by atoms with Crippen LogP contribution in [0.15, 0.2) is 56.7 Å². The summed E-state index contributed by atoms with van der Waals surface area (Å²) in [4.78, 5) is 0.0715. The minimum atomic E-state index is -3.69. The number of phenols is 1. The Hall–Kier alpha value is -1.33. The zero-order chi connectivity index (χ0) is 13.3. The number of aryl methyl sites for hydroxylation is 1. The summed E-state index contributed by atoms with van der Waals surface area (Å²) in [6.45, 7) is 1.88. The molecule has 0 unspecified atom stereocenters. The highest BCUT2D eigenvalue weighted by Gasteiger charge is 2.21. The summed E-state index contributed by atoms with van der Waals surface area (Å²) in [5.74, 6) is -0.251. The number of hydrogen-bond acceptors (Lipinski definition) is 3. The van der Waals surface area contributed by atoms with Crippen molar-refractivity contribution in [1.29, 1.82) is 0 Å². The van der Waals surface area contributed by atoms with Crippen LogP contribution >= 0.6 is 15.9 Å². The molecule has 0 aliphatic carbocycles. The molecule has 0 atom stereocenters. The van der Waals surface area contributed by atoms with Crippen LogP contribution in [0.3, 0.4) is 0 Å². The fourth-order valence-corrected chi connectivity index (χ4v) is 3.43. The van der Waals surface area contributed by atoms with Crippen molar-refractivity contribution in [2.75, 3.05) is 0 Å². The molecule has 1 N–H and O–H groups in total. The van der Waals surface area contributed by atoms with Crippen LogP contribution in [0.25, 0.3) is 0 Å². The fraction of sp³-hybridized carbons (Fsp3) is 0.0769. The number of sulfone groups is 1. The highest BCUT2D eigenvalue weighted by Crippen LogP contribution is 2.31. The summed E-state index contributed by atoms with van der Waals surface area (Å²) in [6, 6.07) is 10.8. The highest BCUT2D eigenvalue weighted by atomic mass is 79.9. The maximum Gasteiger partial charge on any atom is 0.210 e. The molecule has 3 nitrogen and oxygen atoms in total. The molecule has 0 fully saturated rings. The summed E-state index contributed by atoms with van der Waals surface area (Å²) >= 11 is 3.20. The van der Waals surface area contributed by atoms with Gasteiger partial charge in [-0.05, 0) is 37.3 Å². The molecule has 0 bridgehead atoms. The molecule has 0 saturated heterocycles. The second-order valence-corrected chi connectivity index (χ2v) is 6.76. The molecule has 0 heterocycles. The molecule has 0 aliphatic rings. The summed E-state index contributed by atoms with van der Waals surface area (Å²) in [6.07, 6.45) is 0. The smallest absolute Gasteiger partial charge is 0.210 e. The van der Waals surface area contributed by atoms with Crippen LogP contribution in [0.1, 0.15) is 5.56 Å². The lowest BCUT2D eigenvalue weighted by Gasteiger charge is -2.07. The SMILES string of the molecule is Cc1ccc(S(=O)(=O)c2cc(Br)ccc2O)cc1. The predicted octanol–water partition coefficient (Wildman–Crippen LogP) is 3.30. The van der Waals surface area contributed by atoms with Crippen molar-refractivity contribution in [3.05, 3.63) is 52.5 Å². The fourth-order valence-electron chi connectivity index (χ4n) is 1.55. The number of phenolic OH excluding ortho intramolecular Hbond substituents is 1. The second kappa shape index (κ2) is 4.74. The number of rotatable bonds is 2. The molecule has 2 aromatic rings. The third-order valence-corrected chi connectivity index (χ3v) is 4.83. The molecule has 2 rings (SSSR count). The average molecular weight is 327 g/mol. The molecule has 94 valence electrons. The van der Waals surface area contributed by atoms with Gasteiger partial charge in [0.05, 0.1) is 4.90 Å². The van der Waals surface area contributed by atoms with E-state index in [2.05, 4.69) is 15.9 Å². The van der Waals surface area contributed by atoms with E-state index in [0.29, 0.717) is 4.47 Å². The van der Waals surface area contributed by atoms with E-state index < -0.39 is 9.84 Å². The van der Waals surface area contributed by atoms with Crippen LogP contribution in [0.2, 0.25) is 0 Å². The predicted molar refractivity (Wildman–Crippen MR) is 72.4 cm³/mol. The third-order valence-electron chi connectivity index (χ3n) is 2.54. The maximum absolute atomic E-state index is 12.3. The van der Waals surface area contributed by atoms with E-state index in [4.69, 9.17) is 0 Å². The first-order valence-electron chi connectivity index (χ1n) is 5.21. The van der Waals surface area contributed by atoms with Gasteiger partial charge in [0.15, 0.2) is 0 Å². The molecule has 0 amide bonds. The van der Waals surface area contributed by atoms with E-state index in [1.54, 1.807) is 18.2 Å². The maximum atomic E-state index is 12.3. The van der Waals surface area contributed by atoms with Crippen molar-refractivity contribution in [3.8, 4) is 5.75 Å². The molecule has 0 aromatic heterocycles. The summed E-state index contributed by atoms with van der Waals surface area (Å²) < 4.78 is 25.3. The Balaban J connectivity index is 2.61. The van der Waals surface area contributed by atoms with Gasteiger partial charge < -0.3 is 5.11 Å². The summed E-state index contributed by atoms with van der Waals surface area (Å²) in [5.41, 5.74) is 0.979. The van der Waals surface area contributed by atoms with Gasteiger partial charge in [0.25, 0.3) is 0 Å². The normalized spacial score (nSPS) is 11.4. The Morgan fingerprint density at radius 3 is 2.28 bits per heavy atom. The van der Waals surface area contributed by atoms with Crippen molar-refractivity contribution in [2.24, 2.45) is 0 Å². The van der Waals surface area contributed by atoms with E-state index in [1.165, 1.54) is 24.3 Å². The first kappa shape index (κ1) is 13.1. The lowest BCUT2D eigenvalue weighted by Crippen LogP contribution is -2.02.